The van der Waals surface area contributed by atoms with E-state index in [0.29, 0.717) is 5.56 Å². The second-order valence-electron chi connectivity index (χ2n) is 5.16. The van der Waals surface area contributed by atoms with Crippen LogP contribution in [-0.2, 0) is 4.79 Å². The van der Waals surface area contributed by atoms with Crippen molar-refractivity contribution in [2.24, 2.45) is 0 Å². The maximum atomic E-state index is 12.0. The summed E-state index contributed by atoms with van der Waals surface area (Å²) in [6.07, 6.45) is 2.30. The van der Waals surface area contributed by atoms with Crippen molar-refractivity contribution in [2.45, 2.75) is 31.5 Å². The van der Waals surface area contributed by atoms with Crippen LogP contribution in [0.15, 0.2) is 18.2 Å². The predicted octanol–water partition coefficient (Wildman–Crippen LogP) is 1.28. The fourth-order valence-electron chi connectivity index (χ4n) is 2.99. The number of carbonyl (C=O) groups excluding carboxylic acids is 1. The highest BCUT2D eigenvalue weighted by Crippen LogP contribution is 2.37. The van der Waals surface area contributed by atoms with Crippen molar-refractivity contribution in [3.05, 3.63) is 33.9 Å². The molecule has 0 radical (unpaired) electrons. The topological polar surface area (TPSA) is 95.7 Å². The standard InChI is InChI=1S/C13H15N3O4/c17-11-5-4-8(16(19)20)7-9(11)12-14-13(18)10-3-1-2-6-15(10)12/h4-5,7,10,12,17H,1-3,6H2,(H,14,18). The van der Waals surface area contributed by atoms with Gasteiger partial charge in [0.2, 0.25) is 5.91 Å². The van der Waals surface area contributed by atoms with Crippen molar-refractivity contribution in [3.8, 4) is 5.75 Å². The Morgan fingerprint density at radius 1 is 1.40 bits per heavy atom. The number of hydrogen-bond donors (Lipinski definition) is 2. The lowest BCUT2D eigenvalue weighted by Crippen LogP contribution is -2.38. The first-order valence-electron chi connectivity index (χ1n) is 6.61. The van der Waals surface area contributed by atoms with Crippen molar-refractivity contribution in [1.82, 2.24) is 10.2 Å². The minimum Gasteiger partial charge on any atom is -0.508 e. The molecule has 2 aliphatic rings. The van der Waals surface area contributed by atoms with Gasteiger partial charge in [-0.3, -0.25) is 19.8 Å². The van der Waals surface area contributed by atoms with Gasteiger partial charge in [0.15, 0.2) is 0 Å². The molecule has 106 valence electrons. The quantitative estimate of drug-likeness (QED) is 0.627. The molecule has 2 heterocycles. The number of piperidine rings is 1. The third kappa shape index (κ3) is 2.00. The second-order valence-corrected chi connectivity index (χ2v) is 5.16. The molecule has 1 amide bonds. The molecule has 3 rings (SSSR count). The molecule has 0 bridgehead atoms. The number of nitrogens with one attached hydrogen (secondary N) is 1. The van der Waals surface area contributed by atoms with Crippen LogP contribution in [0.2, 0.25) is 0 Å². The molecule has 20 heavy (non-hydrogen) atoms. The number of fused-ring (bicyclic) bond motifs is 1. The van der Waals surface area contributed by atoms with E-state index in [-0.39, 0.29) is 23.4 Å². The molecule has 7 nitrogen and oxygen atoms in total. The number of non-ortho nitro benzene ring substituents is 1. The van der Waals surface area contributed by atoms with Crippen LogP contribution in [0.4, 0.5) is 5.69 Å². The van der Waals surface area contributed by atoms with Gasteiger partial charge in [-0.15, -0.1) is 0 Å². The van der Waals surface area contributed by atoms with Gasteiger partial charge in [0.1, 0.15) is 11.9 Å². The summed E-state index contributed by atoms with van der Waals surface area (Å²) in [5, 5.41) is 23.6. The molecule has 0 spiro atoms. The Morgan fingerprint density at radius 3 is 2.95 bits per heavy atom. The van der Waals surface area contributed by atoms with E-state index in [1.165, 1.54) is 18.2 Å². The fraction of sp³-hybridized carbons (Fsp3) is 0.462. The highest BCUT2D eigenvalue weighted by atomic mass is 16.6. The number of benzene rings is 1. The summed E-state index contributed by atoms with van der Waals surface area (Å²) in [7, 11) is 0. The summed E-state index contributed by atoms with van der Waals surface area (Å²) < 4.78 is 0. The largest absolute Gasteiger partial charge is 0.508 e. The third-order valence-electron chi connectivity index (χ3n) is 3.97. The number of carbonyl (C=O) groups is 1. The van der Waals surface area contributed by atoms with E-state index in [9.17, 15) is 20.0 Å². The maximum absolute atomic E-state index is 12.0. The molecule has 2 fully saturated rings. The van der Waals surface area contributed by atoms with Gasteiger partial charge in [-0.05, 0) is 18.9 Å². The smallest absolute Gasteiger partial charge is 0.270 e. The van der Waals surface area contributed by atoms with Crippen molar-refractivity contribution in [3.63, 3.8) is 0 Å². The van der Waals surface area contributed by atoms with Crippen molar-refractivity contribution in [2.75, 3.05) is 6.54 Å². The molecule has 2 atom stereocenters. The van der Waals surface area contributed by atoms with Crippen molar-refractivity contribution < 1.29 is 14.8 Å². The molecule has 7 heteroatoms. The SMILES string of the molecule is O=C1NC(c2cc([N+](=O)[O-])ccc2O)N2CCCCC12. The van der Waals surface area contributed by atoms with Crippen LogP contribution >= 0.6 is 0 Å². The number of nitro groups is 1. The molecule has 1 aromatic rings. The zero-order valence-corrected chi connectivity index (χ0v) is 10.8. The van der Waals surface area contributed by atoms with E-state index in [1.54, 1.807) is 0 Å². The molecule has 0 aromatic heterocycles. The van der Waals surface area contributed by atoms with Crippen LogP contribution in [0.3, 0.4) is 0 Å². The van der Waals surface area contributed by atoms with Gasteiger partial charge < -0.3 is 10.4 Å². The van der Waals surface area contributed by atoms with E-state index in [4.69, 9.17) is 0 Å². The van der Waals surface area contributed by atoms with Crippen molar-refractivity contribution >= 4 is 11.6 Å². The van der Waals surface area contributed by atoms with E-state index < -0.39 is 11.1 Å². The van der Waals surface area contributed by atoms with Gasteiger partial charge in [-0.1, -0.05) is 6.42 Å². The summed E-state index contributed by atoms with van der Waals surface area (Å²) in [4.78, 5) is 24.3. The summed E-state index contributed by atoms with van der Waals surface area (Å²) >= 11 is 0. The van der Waals surface area contributed by atoms with Gasteiger partial charge in [0, 0.05) is 24.2 Å². The number of phenols is 1. The summed E-state index contributed by atoms with van der Waals surface area (Å²) in [6, 6.07) is 3.70. The minimum absolute atomic E-state index is 0.0351. The first-order valence-corrected chi connectivity index (χ1v) is 6.61. The maximum Gasteiger partial charge on any atom is 0.270 e. The third-order valence-corrected chi connectivity index (χ3v) is 3.97. The van der Waals surface area contributed by atoms with E-state index in [0.717, 1.165) is 25.8 Å². The molecule has 2 unspecified atom stereocenters. The average molecular weight is 277 g/mol. The first-order chi connectivity index (χ1) is 9.58. The summed E-state index contributed by atoms with van der Waals surface area (Å²) in [5.74, 6) is -0.104. The number of phenolic OH excluding ortho intramolecular Hbond substituents is 1. The Balaban J connectivity index is 1.98. The lowest BCUT2D eigenvalue weighted by molar-refractivity contribution is -0.385. The van der Waals surface area contributed by atoms with E-state index >= 15 is 0 Å². The van der Waals surface area contributed by atoms with E-state index in [1.807, 2.05) is 4.90 Å². The lowest BCUT2D eigenvalue weighted by Gasteiger charge is -2.31. The van der Waals surface area contributed by atoms with Crippen LogP contribution in [0.1, 0.15) is 31.0 Å². The molecular weight excluding hydrogens is 262 g/mol. The average Bonchev–Trinajstić information content (AvgIpc) is 2.77. The highest BCUT2D eigenvalue weighted by molar-refractivity contribution is 5.84. The molecule has 2 N–H and O–H groups in total. The first kappa shape index (κ1) is 12.9. The summed E-state index contributed by atoms with van der Waals surface area (Å²) in [6.45, 7) is 0.746. The highest BCUT2D eigenvalue weighted by Gasteiger charge is 2.42. The monoisotopic (exact) mass is 277 g/mol. The van der Waals surface area contributed by atoms with Gasteiger partial charge >= 0.3 is 0 Å². The summed E-state index contributed by atoms with van der Waals surface area (Å²) in [5.41, 5.74) is 0.296. The minimum atomic E-state index is -0.507. The van der Waals surface area contributed by atoms with Crippen LogP contribution < -0.4 is 5.32 Å². The number of nitro benzene ring substituents is 1. The molecule has 2 saturated heterocycles. The Kier molecular flexibility index (Phi) is 3.06. The molecule has 0 saturated carbocycles. The van der Waals surface area contributed by atoms with Crippen LogP contribution in [0, 0.1) is 10.1 Å². The van der Waals surface area contributed by atoms with Gasteiger partial charge in [0.25, 0.3) is 5.69 Å². The zero-order chi connectivity index (χ0) is 14.3. The number of hydrogen-bond acceptors (Lipinski definition) is 5. The van der Waals surface area contributed by atoms with Gasteiger partial charge in [-0.2, -0.15) is 0 Å². The Labute approximate surface area is 115 Å². The zero-order valence-electron chi connectivity index (χ0n) is 10.8. The number of aromatic hydroxyl groups is 1. The Hall–Kier alpha value is -2.15. The number of nitrogens with zero attached hydrogens (tertiary/aromatic N) is 2. The molecule has 2 aliphatic heterocycles. The van der Waals surface area contributed by atoms with Crippen LogP contribution in [0.5, 0.6) is 5.75 Å². The second kappa shape index (κ2) is 4.75. The molecule has 1 aromatic carbocycles. The van der Waals surface area contributed by atoms with Gasteiger partial charge in [0.05, 0.1) is 11.0 Å². The molecule has 0 aliphatic carbocycles. The number of amides is 1. The van der Waals surface area contributed by atoms with E-state index in [2.05, 4.69) is 5.32 Å². The van der Waals surface area contributed by atoms with Crippen LogP contribution in [0.25, 0.3) is 0 Å². The van der Waals surface area contributed by atoms with Crippen molar-refractivity contribution in [1.29, 1.82) is 0 Å². The number of rotatable bonds is 2. The lowest BCUT2D eigenvalue weighted by atomic mass is 10.0. The molecular formula is C13H15N3O4. The van der Waals surface area contributed by atoms with Gasteiger partial charge in [-0.25, -0.2) is 0 Å². The predicted molar refractivity (Wildman–Crippen MR) is 70.0 cm³/mol. The normalized spacial score (nSPS) is 26.1. The fourth-order valence-corrected chi connectivity index (χ4v) is 2.99. The van der Waals surface area contributed by atoms with Crippen LogP contribution in [-0.4, -0.2) is 33.4 Å². The Bertz CT molecular complexity index is 575. The Morgan fingerprint density at radius 2 is 2.20 bits per heavy atom.